The molecule has 3 aromatic rings. The topological polar surface area (TPSA) is 37.8 Å². The van der Waals surface area contributed by atoms with E-state index in [4.69, 9.17) is 0 Å². The molecule has 3 heteroatoms. The molecule has 21 heavy (non-hydrogen) atoms. The highest BCUT2D eigenvalue weighted by molar-refractivity contribution is 5.78. The first-order valence-electron chi connectivity index (χ1n) is 7.20. The van der Waals surface area contributed by atoms with E-state index in [-0.39, 0.29) is 6.04 Å². The van der Waals surface area contributed by atoms with E-state index >= 15 is 0 Å². The fraction of sp³-hybridized carbons (Fsp3) is 0.222. The first-order chi connectivity index (χ1) is 10.3. The SMILES string of the molecule is CNC(Cc1ccc(C)cc1)c1cccc2nccnc12. The lowest BCUT2D eigenvalue weighted by atomic mass is 9.97. The van der Waals surface area contributed by atoms with Gasteiger partial charge in [-0.05, 0) is 37.6 Å². The van der Waals surface area contributed by atoms with Crippen LogP contribution >= 0.6 is 0 Å². The summed E-state index contributed by atoms with van der Waals surface area (Å²) in [5, 5.41) is 3.41. The number of aryl methyl sites for hydroxylation is 1. The molecule has 1 unspecified atom stereocenters. The average molecular weight is 277 g/mol. The summed E-state index contributed by atoms with van der Waals surface area (Å²) in [6, 6.07) is 15.1. The molecule has 0 aliphatic carbocycles. The molecule has 2 aromatic carbocycles. The van der Waals surface area contributed by atoms with Gasteiger partial charge in [0, 0.05) is 18.4 Å². The van der Waals surface area contributed by atoms with Gasteiger partial charge in [0.15, 0.2) is 0 Å². The van der Waals surface area contributed by atoms with Crippen molar-refractivity contribution in [3.05, 3.63) is 71.5 Å². The van der Waals surface area contributed by atoms with Gasteiger partial charge in [0.2, 0.25) is 0 Å². The molecule has 3 rings (SSSR count). The van der Waals surface area contributed by atoms with E-state index < -0.39 is 0 Å². The van der Waals surface area contributed by atoms with Crippen LogP contribution < -0.4 is 5.32 Å². The van der Waals surface area contributed by atoms with E-state index in [1.165, 1.54) is 16.7 Å². The van der Waals surface area contributed by atoms with Crippen LogP contribution in [0.3, 0.4) is 0 Å². The van der Waals surface area contributed by atoms with Crippen molar-refractivity contribution in [2.45, 2.75) is 19.4 Å². The number of nitrogens with one attached hydrogen (secondary N) is 1. The van der Waals surface area contributed by atoms with Gasteiger partial charge in [0.1, 0.15) is 0 Å². The Balaban J connectivity index is 1.96. The molecule has 0 radical (unpaired) electrons. The maximum atomic E-state index is 4.50. The average Bonchev–Trinajstić information content (AvgIpc) is 2.54. The quantitative estimate of drug-likeness (QED) is 0.794. The Morgan fingerprint density at radius 2 is 1.76 bits per heavy atom. The minimum Gasteiger partial charge on any atom is -0.313 e. The van der Waals surface area contributed by atoms with Gasteiger partial charge >= 0.3 is 0 Å². The van der Waals surface area contributed by atoms with Crippen LogP contribution in [0.4, 0.5) is 0 Å². The molecule has 0 saturated carbocycles. The number of aromatic nitrogens is 2. The molecule has 106 valence electrons. The van der Waals surface area contributed by atoms with Crippen LogP contribution in [0.5, 0.6) is 0 Å². The molecule has 0 spiro atoms. The zero-order chi connectivity index (χ0) is 14.7. The van der Waals surface area contributed by atoms with Crippen molar-refractivity contribution in [3.63, 3.8) is 0 Å². The number of hydrogen-bond donors (Lipinski definition) is 1. The Bertz CT molecular complexity index is 730. The second-order valence-corrected chi connectivity index (χ2v) is 5.30. The van der Waals surface area contributed by atoms with E-state index in [0.717, 1.165) is 17.5 Å². The Labute approximate surface area is 125 Å². The Morgan fingerprint density at radius 3 is 2.52 bits per heavy atom. The van der Waals surface area contributed by atoms with Crippen molar-refractivity contribution in [3.8, 4) is 0 Å². The van der Waals surface area contributed by atoms with Crippen LogP contribution in [-0.2, 0) is 6.42 Å². The molecule has 1 heterocycles. The van der Waals surface area contributed by atoms with Crippen LogP contribution in [-0.4, -0.2) is 17.0 Å². The highest BCUT2D eigenvalue weighted by Gasteiger charge is 2.14. The third-order valence-electron chi connectivity index (χ3n) is 3.81. The Hall–Kier alpha value is -2.26. The van der Waals surface area contributed by atoms with Crippen LogP contribution in [0, 0.1) is 6.92 Å². The highest BCUT2D eigenvalue weighted by Crippen LogP contribution is 2.24. The van der Waals surface area contributed by atoms with Gasteiger partial charge in [0.05, 0.1) is 11.0 Å². The second kappa shape index (κ2) is 6.02. The van der Waals surface area contributed by atoms with E-state index in [9.17, 15) is 0 Å². The third-order valence-corrected chi connectivity index (χ3v) is 3.81. The fourth-order valence-corrected chi connectivity index (χ4v) is 2.62. The molecule has 1 aromatic heterocycles. The van der Waals surface area contributed by atoms with Crippen molar-refractivity contribution in [2.24, 2.45) is 0 Å². The van der Waals surface area contributed by atoms with Crippen molar-refractivity contribution in [1.82, 2.24) is 15.3 Å². The molecule has 1 atom stereocenters. The van der Waals surface area contributed by atoms with Gasteiger partial charge in [-0.15, -0.1) is 0 Å². The van der Waals surface area contributed by atoms with Crippen LogP contribution in [0.1, 0.15) is 22.7 Å². The van der Waals surface area contributed by atoms with Gasteiger partial charge < -0.3 is 5.32 Å². The molecule has 1 N–H and O–H groups in total. The van der Waals surface area contributed by atoms with Crippen LogP contribution in [0.2, 0.25) is 0 Å². The lowest BCUT2D eigenvalue weighted by Crippen LogP contribution is -2.19. The summed E-state index contributed by atoms with van der Waals surface area (Å²) >= 11 is 0. The van der Waals surface area contributed by atoms with E-state index in [2.05, 4.69) is 52.5 Å². The summed E-state index contributed by atoms with van der Waals surface area (Å²) in [4.78, 5) is 8.89. The smallest absolute Gasteiger partial charge is 0.0934 e. The van der Waals surface area contributed by atoms with Crippen LogP contribution in [0.25, 0.3) is 11.0 Å². The predicted molar refractivity (Wildman–Crippen MR) is 86.2 cm³/mol. The summed E-state index contributed by atoms with van der Waals surface area (Å²) in [5.74, 6) is 0. The van der Waals surface area contributed by atoms with Gasteiger partial charge in [-0.1, -0.05) is 42.0 Å². The Morgan fingerprint density at radius 1 is 1.00 bits per heavy atom. The summed E-state index contributed by atoms with van der Waals surface area (Å²) in [7, 11) is 1.99. The summed E-state index contributed by atoms with van der Waals surface area (Å²) < 4.78 is 0. The van der Waals surface area contributed by atoms with Crippen molar-refractivity contribution in [2.75, 3.05) is 7.05 Å². The number of hydrogen-bond acceptors (Lipinski definition) is 3. The van der Waals surface area contributed by atoms with Crippen molar-refractivity contribution < 1.29 is 0 Å². The largest absolute Gasteiger partial charge is 0.313 e. The first kappa shape index (κ1) is 13.7. The molecule has 0 saturated heterocycles. The third kappa shape index (κ3) is 2.93. The normalized spacial score (nSPS) is 12.5. The lowest BCUT2D eigenvalue weighted by molar-refractivity contribution is 0.595. The zero-order valence-corrected chi connectivity index (χ0v) is 12.4. The summed E-state index contributed by atoms with van der Waals surface area (Å²) in [5.41, 5.74) is 5.73. The maximum Gasteiger partial charge on any atom is 0.0934 e. The van der Waals surface area contributed by atoms with Crippen molar-refractivity contribution in [1.29, 1.82) is 0 Å². The number of benzene rings is 2. The minimum absolute atomic E-state index is 0.230. The molecule has 0 aliphatic rings. The number of likely N-dealkylation sites (N-methyl/N-ethyl adjacent to an activating group) is 1. The van der Waals surface area contributed by atoms with Gasteiger partial charge in [-0.2, -0.15) is 0 Å². The standard InChI is InChI=1S/C18H19N3/c1-13-6-8-14(9-7-13)12-17(19-2)15-4-3-5-16-18(15)21-11-10-20-16/h3-11,17,19H,12H2,1-2H3. The molecular formula is C18H19N3. The molecule has 0 bridgehead atoms. The molecule has 0 aliphatic heterocycles. The number of nitrogens with zero attached hydrogens (tertiary/aromatic N) is 2. The number of fused-ring (bicyclic) bond motifs is 1. The van der Waals surface area contributed by atoms with E-state index in [0.29, 0.717) is 0 Å². The molecule has 0 fully saturated rings. The van der Waals surface area contributed by atoms with Gasteiger partial charge in [0.25, 0.3) is 0 Å². The van der Waals surface area contributed by atoms with E-state index in [1.807, 2.05) is 19.2 Å². The van der Waals surface area contributed by atoms with Crippen LogP contribution in [0.15, 0.2) is 54.9 Å². The zero-order valence-electron chi connectivity index (χ0n) is 12.4. The van der Waals surface area contributed by atoms with E-state index in [1.54, 1.807) is 12.4 Å². The Kier molecular flexibility index (Phi) is 3.93. The number of para-hydroxylation sites is 1. The minimum atomic E-state index is 0.230. The summed E-state index contributed by atoms with van der Waals surface area (Å²) in [6.07, 6.45) is 4.43. The second-order valence-electron chi connectivity index (χ2n) is 5.30. The summed E-state index contributed by atoms with van der Waals surface area (Å²) in [6.45, 7) is 2.11. The maximum absolute atomic E-state index is 4.50. The predicted octanol–water partition coefficient (Wildman–Crippen LogP) is 3.44. The number of rotatable bonds is 4. The van der Waals surface area contributed by atoms with Gasteiger partial charge in [-0.25, -0.2) is 0 Å². The molecule has 0 amide bonds. The molecule has 3 nitrogen and oxygen atoms in total. The lowest BCUT2D eigenvalue weighted by Gasteiger charge is -2.18. The highest BCUT2D eigenvalue weighted by atomic mass is 14.9. The van der Waals surface area contributed by atoms with Crippen molar-refractivity contribution >= 4 is 11.0 Å². The molecular weight excluding hydrogens is 258 g/mol. The van der Waals surface area contributed by atoms with Gasteiger partial charge in [-0.3, -0.25) is 9.97 Å². The fourth-order valence-electron chi connectivity index (χ4n) is 2.62. The first-order valence-corrected chi connectivity index (χ1v) is 7.20. The monoisotopic (exact) mass is 277 g/mol.